The van der Waals surface area contributed by atoms with E-state index in [0.717, 1.165) is 0 Å². The van der Waals surface area contributed by atoms with Crippen LogP contribution in [0.3, 0.4) is 0 Å². The predicted molar refractivity (Wildman–Crippen MR) is 64.7 cm³/mol. The van der Waals surface area contributed by atoms with Crippen LogP contribution in [0.5, 0.6) is 0 Å². The average molecular weight is 254 g/mol. The second kappa shape index (κ2) is 5.63. The van der Waals surface area contributed by atoms with Gasteiger partial charge in [0.25, 0.3) is 0 Å². The normalized spacial score (nSPS) is 15.7. The largest absolute Gasteiger partial charge is 0.480 e. The number of H-pyrrole nitrogens is 1. The Morgan fingerprint density at radius 1 is 1.67 bits per heavy atom. The maximum Gasteiger partial charge on any atom is 0.326 e. The van der Waals surface area contributed by atoms with Gasteiger partial charge in [0.2, 0.25) is 5.91 Å². The number of hydrogen-bond acceptors (Lipinski definition) is 4. The van der Waals surface area contributed by atoms with Crippen molar-refractivity contribution in [3.8, 4) is 0 Å². The molecule has 0 aromatic carbocycles. The van der Waals surface area contributed by atoms with Crippen molar-refractivity contribution < 1.29 is 14.7 Å². The molecule has 100 valence electrons. The molecule has 1 rings (SSSR count). The molecule has 1 unspecified atom stereocenters. The molecule has 1 aromatic rings. The first-order chi connectivity index (χ1) is 8.36. The molecule has 7 nitrogen and oxygen atoms in total. The quantitative estimate of drug-likeness (QED) is 0.553. The van der Waals surface area contributed by atoms with Crippen molar-refractivity contribution in [2.75, 3.05) is 0 Å². The van der Waals surface area contributed by atoms with Crippen LogP contribution in [0.1, 0.15) is 26.0 Å². The van der Waals surface area contributed by atoms with Crippen LogP contribution in [0, 0.1) is 0 Å². The van der Waals surface area contributed by atoms with Crippen molar-refractivity contribution in [3.63, 3.8) is 0 Å². The molecule has 5 N–H and O–H groups in total. The summed E-state index contributed by atoms with van der Waals surface area (Å²) in [5.41, 5.74) is 5.33. The molecule has 7 heteroatoms. The highest BCUT2D eigenvalue weighted by Crippen LogP contribution is 2.06. The summed E-state index contributed by atoms with van der Waals surface area (Å²) in [6, 6.07) is -1.02. The van der Waals surface area contributed by atoms with E-state index in [1.807, 2.05) is 0 Å². The molecular formula is C11H18N4O3. The monoisotopic (exact) mass is 254 g/mol. The molecule has 0 saturated carbocycles. The van der Waals surface area contributed by atoms with E-state index in [2.05, 4.69) is 15.3 Å². The van der Waals surface area contributed by atoms with Gasteiger partial charge in [0.15, 0.2) is 0 Å². The van der Waals surface area contributed by atoms with Crippen LogP contribution in [0.25, 0.3) is 0 Å². The minimum absolute atomic E-state index is 0.140. The van der Waals surface area contributed by atoms with E-state index < -0.39 is 23.5 Å². The number of imidazole rings is 1. The molecular weight excluding hydrogens is 236 g/mol. The van der Waals surface area contributed by atoms with E-state index in [0.29, 0.717) is 12.1 Å². The summed E-state index contributed by atoms with van der Waals surface area (Å²) in [5.74, 6) is -1.58. The number of carbonyl (C=O) groups is 2. The Hall–Kier alpha value is -1.89. The van der Waals surface area contributed by atoms with Crippen molar-refractivity contribution >= 4 is 11.9 Å². The number of nitrogens with two attached hydrogens (primary N) is 1. The number of aliphatic carboxylic acids is 1. The fraction of sp³-hybridized carbons (Fsp3) is 0.545. The van der Waals surface area contributed by atoms with E-state index in [4.69, 9.17) is 10.8 Å². The molecule has 0 aliphatic carbocycles. The maximum atomic E-state index is 11.8. The SMILES string of the molecule is CCC(C)(N)C(=O)N[C@H](Cc1cnc[nH]1)C(=O)O. The summed E-state index contributed by atoms with van der Waals surface area (Å²) in [7, 11) is 0. The van der Waals surface area contributed by atoms with Crippen LogP contribution in [-0.2, 0) is 16.0 Å². The van der Waals surface area contributed by atoms with E-state index in [9.17, 15) is 9.59 Å². The zero-order chi connectivity index (χ0) is 13.8. The number of nitrogens with zero attached hydrogens (tertiary/aromatic N) is 1. The Morgan fingerprint density at radius 3 is 2.78 bits per heavy atom. The number of hydrogen-bond donors (Lipinski definition) is 4. The van der Waals surface area contributed by atoms with Crippen LogP contribution in [0.2, 0.25) is 0 Å². The number of carbonyl (C=O) groups excluding carboxylic acids is 1. The second-order valence-corrected chi connectivity index (χ2v) is 4.42. The van der Waals surface area contributed by atoms with E-state index in [-0.39, 0.29) is 6.42 Å². The fourth-order valence-corrected chi connectivity index (χ4v) is 1.30. The molecule has 2 atom stereocenters. The van der Waals surface area contributed by atoms with Gasteiger partial charge >= 0.3 is 5.97 Å². The molecule has 1 aromatic heterocycles. The van der Waals surface area contributed by atoms with Crippen molar-refractivity contribution in [1.82, 2.24) is 15.3 Å². The molecule has 0 aliphatic rings. The topological polar surface area (TPSA) is 121 Å². The third-order valence-electron chi connectivity index (χ3n) is 2.84. The molecule has 0 fully saturated rings. The summed E-state index contributed by atoms with van der Waals surface area (Å²) >= 11 is 0. The van der Waals surface area contributed by atoms with Crippen molar-refractivity contribution in [2.24, 2.45) is 5.73 Å². The van der Waals surface area contributed by atoms with Crippen molar-refractivity contribution in [1.29, 1.82) is 0 Å². The Balaban J connectivity index is 2.70. The van der Waals surface area contributed by atoms with Gasteiger partial charge in [-0.15, -0.1) is 0 Å². The Morgan fingerprint density at radius 2 is 2.33 bits per heavy atom. The Bertz CT molecular complexity index is 414. The van der Waals surface area contributed by atoms with E-state index >= 15 is 0 Å². The van der Waals surface area contributed by atoms with Crippen LogP contribution >= 0.6 is 0 Å². The smallest absolute Gasteiger partial charge is 0.326 e. The zero-order valence-corrected chi connectivity index (χ0v) is 10.4. The van der Waals surface area contributed by atoms with Crippen molar-refractivity contribution in [3.05, 3.63) is 18.2 Å². The Kier molecular flexibility index (Phi) is 4.43. The van der Waals surface area contributed by atoms with Gasteiger partial charge in [0.1, 0.15) is 6.04 Å². The standard InChI is InChI=1S/C11H18N4O3/c1-3-11(2,12)10(18)15-8(9(16)17)4-7-5-13-6-14-7/h5-6,8H,3-4,12H2,1-2H3,(H,13,14)(H,15,18)(H,16,17)/t8-,11?/m1/s1. The Labute approximate surface area is 105 Å². The lowest BCUT2D eigenvalue weighted by molar-refractivity contribution is -0.142. The summed E-state index contributed by atoms with van der Waals surface area (Å²) in [4.78, 5) is 29.5. The number of amides is 1. The van der Waals surface area contributed by atoms with Gasteiger partial charge in [-0.2, -0.15) is 0 Å². The lowest BCUT2D eigenvalue weighted by Gasteiger charge is -2.24. The average Bonchev–Trinajstić information content (AvgIpc) is 2.80. The van der Waals surface area contributed by atoms with Gasteiger partial charge in [-0.05, 0) is 13.3 Å². The summed E-state index contributed by atoms with van der Waals surface area (Å²) in [6.07, 6.45) is 3.54. The molecule has 0 bridgehead atoms. The molecule has 0 spiro atoms. The molecule has 1 amide bonds. The third kappa shape index (κ3) is 3.56. The van der Waals surface area contributed by atoms with Crippen LogP contribution in [0.4, 0.5) is 0 Å². The highest BCUT2D eigenvalue weighted by Gasteiger charge is 2.30. The van der Waals surface area contributed by atoms with Gasteiger partial charge in [0, 0.05) is 18.3 Å². The fourth-order valence-electron chi connectivity index (χ4n) is 1.30. The summed E-state index contributed by atoms with van der Waals surface area (Å²) in [5, 5.41) is 11.5. The minimum Gasteiger partial charge on any atom is -0.480 e. The second-order valence-electron chi connectivity index (χ2n) is 4.42. The molecule has 0 aliphatic heterocycles. The molecule has 18 heavy (non-hydrogen) atoms. The number of nitrogens with one attached hydrogen (secondary N) is 2. The number of rotatable bonds is 6. The molecule has 0 radical (unpaired) electrons. The number of aromatic nitrogens is 2. The highest BCUT2D eigenvalue weighted by atomic mass is 16.4. The van der Waals surface area contributed by atoms with Gasteiger partial charge in [0.05, 0.1) is 11.9 Å². The van der Waals surface area contributed by atoms with Gasteiger partial charge in [-0.25, -0.2) is 9.78 Å². The number of carboxylic acid groups (broad SMARTS) is 1. The predicted octanol–water partition coefficient (Wildman–Crippen LogP) is -0.351. The summed E-state index contributed by atoms with van der Waals surface area (Å²) in [6.45, 7) is 3.34. The summed E-state index contributed by atoms with van der Waals surface area (Å²) < 4.78 is 0. The lowest BCUT2D eigenvalue weighted by atomic mass is 9.98. The maximum absolute atomic E-state index is 11.8. The first-order valence-corrected chi connectivity index (χ1v) is 5.66. The minimum atomic E-state index is -1.11. The van der Waals surface area contributed by atoms with Gasteiger partial charge in [-0.1, -0.05) is 6.92 Å². The van der Waals surface area contributed by atoms with Crippen LogP contribution < -0.4 is 11.1 Å². The van der Waals surface area contributed by atoms with Crippen molar-refractivity contribution in [2.45, 2.75) is 38.3 Å². The number of carboxylic acids is 1. The highest BCUT2D eigenvalue weighted by molar-refractivity contribution is 5.89. The lowest BCUT2D eigenvalue weighted by Crippen LogP contribution is -2.55. The van der Waals surface area contributed by atoms with E-state index in [1.54, 1.807) is 13.8 Å². The van der Waals surface area contributed by atoms with Crippen LogP contribution in [-0.4, -0.2) is 38.5 Å². The van der Waals surface area contributed by atoms with E-state index in [1.165, 1.54) is 12.5 Å². The zero-order valence-electron chi connectivity index (χ0n) is 10.4. The number of aromatic amines is 1. The van der Waals surface area contributed by atoms with Crippen LogP contribution in [0.15, 0.2) is 12.5 Å². The first-order valence-electron chi connectivity index (χ1n) is 5.66. The molecule has 0 saturated heterocycles. The van der Waals surface area contributed by atoms with Gasteiger partial charge < -0.3 is 21.1 Å². The third-order valence-corrected chi connectivity index (χ3v) is 2.84. The molecule has 1 heterocycles. The first kappa shape index (κ1) is 14.2. The van der Waals surface area contributed by atoms with Gasteiger partial charge in [-0.3, -0.25) is 4.79 Å².